The fraction of sp³-hybridized carbons (Fsp3) is 0.250. The van der Waals surface area contributed by atoms with E-state index < -0.39 is 27.6 Å². The van der Waals surface area contributed by atoms with Crippen molar-refractivity contribution >= 4 is 16.0 Å². The molecular formula is C20H19F2N3O5S. The number of ether oxygens (including phenoxy) is 1. The summed E-state index contributed by atoms with van der Waals surface area (Å²) in [6.45, 7) is -0.166. The van der Waals surface area contributed by atoms with Crippen molar-refractivity contribution < 1.29 is 31.3 Å². The first-order valence-electron chi connectivity index (χ1n) is 9.22. The lowest BCUT2D eigenvalue weighted by Crippen LogP contribution is -2.28. The van der Waals surface area contributed by atoms with Gasteiger partial charge in [-0.1, -0.05) is 5.16 Å². The van der Waals surface area contributed by atoms with Crippen LogP contribution in [-0.4, -0.2) is 42.4 Å². The van der Waals surface area contributed by atoms with E-state index >= 15 is 0 Å². The number of halogens is 2. The van der Waals surface area contributed by atoms with E-state index in [4.69, 9.17) is 9.26 Å². The van der Waals surface area contributed by atoms with Crippen LogP contribution in [0, 0.1) is 11.6 Å². The van der Waals surface area contributed by atoms with Gasteiger partial charge in [-0.2, -0.15) is 4.98 Å². The summed E-state index contributed by atoms with van der Waals surface area (Å²) >= 11 is 0. The van der Waals surface area contributed by atoms with Crippen molar-refractivity contribution in [2.45, 2.75) is 24.3 Å². The van der Waals surface area contributed by atoms with Crippen LogP contribution in [0.1, 0.15) is 18.7 Å². The number of benzene rings is 2. The molecule has 0 radical (unpaired) electrons. The van der Waals surface area contributed by atoms with Crippen molar-refractivity contribution in [2.75, 3.05) is 13.6 Å². The summed E-state index contributed by atoms with van der Waals surface area (Å²) in [5.74, 6) is -1.18. The van der Waals surface area contributed by atoms with Crippen molar-refractivity contribution in [3.8, 4) is 11.4 Å². The van der Waals surface area contributed by atoms with E-state index in [0.717, 1.165) is 16.4 Å². The van der Waals surface area contributed by atoms with Gasteiger partial charge >= 0.3 is 5.97 Å². The molecule has 8 nitrogen and oxygen atoms in total. The Balaban J connectivity index is 1.44. The molecule has 0 aliphatic carbocycles. The Morgan fingerprint density at radius 1 is 1.06 bits per heavy atom. The summed E-state index contributed by atoms with van der Waals surface area (Å²) in [5, 5.41) is 3.74. The lowest BCUT2D eigenvalue weighted by molar-refractivity contribution is -0.145. The minimum absolute atomic E-state index is 0.0256. The Morgan fingerprint density at radius 3 is 2.32 bits per heavy atom. The summed E-state index contributed by atoms with van der Waals surface area (Å²) in [5.41, 5.74) is 0.549. The summed E-state index contributed by atoms with van der Waals surface area (Å²) in [6, 6.07) is 10.0. The van der Waals surface area contributed by atoms with Crippen LogP contribution in [0.15, 0.2) is 57.9 Å². The number of esters is 1. The summed E-state index contributed by atoms with van der Waals surface area (Å²) < 4.78 is 61.9. The molecule has 3 aromatic rings. The third-order valence-corrected chi connectivity index (χ3v) is 6.17. The van der Waals surface area contributed by atoms with Crippen molar-refractivity contribution in [2.24, 2.45) is 0 Å². The highest BCUT2D eigenvalue weighted by Gasteiger charge is 2.21. The molecule has 0 unspecified atom stereocenters. The van der Waals surface area contributed by atoms with Gasteiger partial charge in [0.05, 0.1) is 4.90 Å². The van der Waals surface area contributed by atoms with Gasteiger partial charge in [-0.3, -0.25) is 4.79 Å². The Labute approximate surface area is 177 Å². The highest BCUT2D eigenvalue weighted by molar-refractivity contribution is 7.89. The average molecular weight is 451 g/mol. The van der Waals surface area contributed by atoms with Crippen LogP contribution in [0.3, 0.4) is 0 Å². The molecule has 0 N–H and O–H groups in total. The second kappa shape index (κ2) is 9.75. The molecule has 0 amide bonds. The van der Waals surface area contributed by atoms with Gasteiger partial charge < -0.3 is 9.26 Å². The zero-order valence-corrected chi connectivity index (χ0v) is 17.3. The minimum atomic E-state index is -3.78. The number of sulfonamides is 1. The molecular weight excluding hydrogens is 432 g/mol. The first-order valence-corrected chi connectivity index (χ1v) is 10.7. The Bertz CT molecular complexity index is 1130. The van der Waals surface area contributed by atoms with Gasteiger partial charge in [-0.15, -0.1) is 0 Å². The molecule has 0 spiro atoms. The topological polar surface area (TPSA) is 103 Å². The molecule has 0 fully saturated rings. The maximum Gasteiger partial charge on any atom is 0.306 e. The van der Waals surface area contributed by atoms with Gasteiger partial charge in [0.25, 0.3) is 5.89 Å². The smallest absolute Gasteiger partial charge is 0.306 e. The third kappa shape index (κ3) is 5.92. The minimum Gasteiger partial charge on any atom is -0.456 e. The largest absolute Gasteiger partial charge is 0.456 e. The van der Waals surface area contributed by atoms with Crippen molar-refractivity contribution in [3.05, 3.63) is 66.1 Å². The van der Waals surface area contributed by atoms with Crippen molar-refractivity contribution in [1.29, 1.82) is 0 Å². The Hall–Kier alpha value is -3.18. The molecule has 0 aliphatic rings. The number of carbonyl (C=O) groups excluding carboxylic acids is 1. The summed E-state index contributed by atoms with van der Waals surface area (Å²) in [6.07, 6.45) is 0.197. The van der Waals surface area contributed by atoms with Crippen molar-refractivity contribution in [3.63, 3.8) is 0 Å². The third-order valence-electron chi connectivity index (χ3n) is 4.30. The summed E-state index contributed by atoms with van der Waals surface area (Å²) in [7, 11) is -2.40. The number of aromatic nitrogens is 2. The molecule has 1 aromatic heterocycles. The average Bonchev–Trinajstić information content (AvgIpc) is 3.22. The van der Waals surface area contributed by atoms with Gasteiger partial charge in [0.2, 0.25) is 15.8 Å². The SMILES string of the molecule is CN(CCCC(=O)OCc1nc(-c2ccc(F)cc2)no1)S(=O)(=O)c1ccc(F)cc1. The van der Waals surface area contributed by atoms with E-state index in [1.165, 1.54) is 43.4 Å². The van der Waals surface area contributed by atoms with E-state index in [2.05, 4.69) is 10.1 Å². The molecule has 0 bridgehead atoms. The van der Waals surface area contributed by atoms with Crippen LogP contribution in [0.25, 0.3) is 11.4 Å². The standard InChI is InChI=1S/C20H19F2N3O5S/c1-25(31(27,28)17-10-8-16(22)9-11-17)12-2-3-19(26)29-13-18-23-20(24-30-18)14-4-6-15(21)7-5-14/h4-11H,2-3,12-13H2,1H3. The molecule has 31 heavy (non-hydrogen) atoms. The van der Waals surface area contributed by atoms with Crippen LogP contribution in [0.2, 0.25) is 0 Å². The molecule has 164 valence electrons. The first-order chi connectivity index (χ1) is 14.8. The number of hydrogen-bond acceptors (Lipinski definition) is 7. The van der Waals surface area contributed by atoms with Gasteiger partial charge in [-0.25, -0.2) is 21.5 Å². The molecule has 0 saturated heterocycles. The van der Waals surface area contributed by atoms with E-state index in [9.17, 15) is 22.0 Å². The second-order valence-corrected chi connectivity index (χ2v) is 8.61. The number of carbonyl (C=O) groups is 1. The van der Waals surface area contributed by atoms with Crippen LogP contribution >= 0.6 is 0 Å². The molecule has 3 rings (SSSR count). The predicted molar refractivity (Wildman–Crippen MR) is 105 cm³/mol. The monoisotopic (exact) mass is 451 g/mol. The maximum atomic E-state index is 13.0. The van der Waals surface area contributed by atoms with E-state index in [1.54, 1.807) is 0 Å². The zero-order chi connectivity index (χ0) is 22.4. The number of hydrogen-bond donors (Lipinski definition) is 0. The molecule has 2 aromatic carbocycles. The van der Waals surface area contributed by atoms with Crippen LogP contribution in [0.4, 0.5) is 8.78 Å². The molecule has 11 heteroatoms. The first kappa shape index (κ1) is 22.5. The fourth-order valence-electron chi connectivity index (χ4n) is 2.60. The molecule has 0 saturated carbocycles. The fourth-order valence-corrected chi connectivity index (χ4v) is 3.81. The summed E-state index contributed by atoms with van der Waals surface area (Å²) in [4.78, 5) is 15.9. The second-order valence-electron chi connectivity index (χ2n) is 6.56. The van der Waals surface area contributed by atoms with Gasteiger partial charge in [0, 0.05) is 25.6 Å². The Morgan fingerprint density at radius 2 is 1.68 bits per heavy atom. The van der Waals surface area contributed by atoms with E-state index in [0.29, 0.717) is 5.56 Å². The van der Waals surface area contributed by atoms with Crippen molar-refractivity contribution in [1.82, 2.24) is 14.4 Å². The highest BCUT2D eigenvalue weighted by atomic mass is 32.2. The lowest BCUT2D eigenvalue weighted by Gasteiger charge is -2.16. The van der Waals surface area contributed by atoms with Crippen LogP contribution in [0.5, 0.6) is 0 Å². The number of rotatable bonds is 9. The normalized spacial score (nSPS) is 11.6. The van der Waals surface area contributed by atoms with Gasteiger partial charge in [0.1, 0.15) is 11.6 Å². The molecule has 0 aliphatic heterocycles. The van der Waals surface area contributed by atoms with Gasteiger partial charge in [-0.05, 0) is 55.0 Å². The number of nitrogens with zero attached hydrogens (tertiary/aromatic N) is 3. The zero-order valence-electron chi connectivity index (χ0n) is 16.5. The quantitative estimate of drug-likeness (QED) is 0.461. The van der Waals surface area contributed by atoms with E-state index in [-0.39, 0.29) is 42.6 Å². The molecule has 0 atom stereocenters. The van der Waals surface area contributed by atoms with E-state index in [1.807, 2.05) is 0 Å². The maximum absolute atomic E-state index is 13.0. The Kier molecular flexibility index (Phi) is 7.08. The molecule has 1 heterocycles. The van der Waals surface area contributed by atoms with Crippen LogP contribution in [-0.2, 0) is 26.2 Å². The lowest BCUT2D eigenvalue weighted by atomic mass is 10.2. The van der Waals surface area contributed by atoms with Gasteiger partial charge in [0.15, 0.2) is 6.61 Å². The highest BCUT2D eigenvalue weighted by Crippen LogP contribution is 2.17. The predicted octanol–water partition coefficient (Wildman–Crippen LogP) is 3.16. The van der Waals surface area contributed by atoms with Crippen LogP contribution < -0.4 is 0 Å².